The molecule has 19 heavy (non-hydrogen) atoms. The average molecular weight is 326 g/mol. The first-order valence-electron chi connectivity index (χ1n) is 7.21. The highest BCUT2D eigenvalue weighted by Gasteiger charge is 2.22. The Balaban J connectivity index is 2.07. The summed E-state index contributed by atoms with van der Waals surface area (Å²) in [6, 6.07) is 6.19. The number of rotatable bonds is 3. The number of hydrogen-bond donors (Lipinski definition) is 1. The Kier molecular flexibility index (Phi) is 4.91. The summed E-state index contributed by atoms with van der Waals surface area (Å²) in [6.07, 6.45) is 2.15. The van der Waals surface area contributed by atoms with Gasteiger partial charge < -0.3 is 10.0 Å². The fraction of sp³-hybridized carbons (Fsp3) is 0.625. The molecule has 1 aliphatic rings. The smallest absolute Gasteiger partial charge is 0.0762 e. The van der Waals surface area contributed by atoms with E-state index >= 15 is 0 Å². The standard InChI is InChI=1S/C16H24BrNO/c1-11(2)13-6-8-18(9-7-13)16-5-4-14(12(3)19)10-15(16)17/h4-5,10-13,19H,6-9H2,1-3H3/t12-/m1/s1. The first kappa shape index (κ1) is 14.9. The Morgan fingerprint density at radius 2 is 1.84 bits per heavy atom. The summed E-state index contributed by atoms with van der Waals surface area (Å²) in [5, 5.41) is 9.61. The first-order chi connectivity index (χ1) is 8.99. The van der Waals surface area contributed by atoms with Gasteiger partial charge in [0.1, 0.15) is 0 Å². The van der Waals surface area contributed by atoms with Crippen LogP contribution in [0.3, 0.4) is 0 Å². The molecule has 2 rings (SSSR count). The molecule has 1 aliphatic heterocycles. The lowest BCUT2D eigenvalue weighted by Crippen LogP contribution is -2.35. The Hall–Kier alpha value is -0.540. The van der Waals surface area contributed by atoms with Crippen LogP contribution in [-0.2, 0) is 0 Å². The van der Waals surface area contributed by atoms with Gasteiger partial charge in [0.05, 0.1) is 11.8 Å². The van der Waals surface area contributed by atoms with Crippen LogP contribution in [0.25, 0.3) is 0 Å². The van der Waals surface area contributed by atoms with Crippen molar-refractivity contribution in [3.63, 3.8) is 0 Å². The van der Waals surface area contributed by atoms with E-state index in [1.807, 2.05) is 12.1 Å². The molecule has 0 radical (unpaired) electrons. The quantitative estimate of drug-likeness (QED) is 0.891. The number of anilines is 1. The van der Waals surface area contributed by atoms with Crippen LogP contribution in [-0.4, -0.2) is 18.2 Å². The number of hydrogen-bond acceptors (Lipinski definition) is 2. The van der Waals surface area contributed by atoms with E-state index in [0.29, 0.717) is 0 Å². The molecule has 0 spiro atoms. The van der Waals surface area contributed by atoms with E-state index in [2.05, 4.69) is 40.7 Å². The third-order valence-electron chi connectivity index (χ3n) is 4.28. The van der Waals surface area contributed by atoms with Crippen molar-refractivity contribution in [3.05, 3.63) is 28.2 Å². The van der Waals surface area contributed by atoms with E-state index in [9.17, 15) is 5.11 Å². The maximum Gasteiger partial charge on any atom is 0.0762 e. The van der Waals surface area contributed by atoms with Gasteiger partial charge in [0, 0.05) is 17.6 Å². The first-order valence-corrected chi connectivity index (χ1v) is 8.00. The van der Waals surface area contributed by atoms with Gasteiger partial charge in [0.15, 0.2) is 0 Å². The van der Waals surface area contributed by atoms with Gasteiger partial charge in [-0.1, -0.05) is 19.9 Å². The summed E-state index contributed by atoms with van der Waals surface area (Å²) < 4.78 is 1.09. The monoisotopic (exact) mass is 325 g/mol. The molecular formula is C16H24BrNO. The maximum atomic E-state index is 9.61. The molecule has 1 N–H and O–H groups in total. The van der Waals surface area contributed by atoms with Crippen molar-refractivity contribution < 1.29 is 5.11 Å². The molecule has 1 aromatic carbocycles. The molecule has 1 aromatic rings. The molecule has 1 atom stereocenters. The molecule has 0 aromatic heterocycles. The second-order valence-electron chi connectivity index (χ2n) is 5.96. The van der Waals surface area contributed by atoms with Crippen LogP contribution < -0.4 is 4.90 Å². The second-order valence-corrected chi connectivity index (χ2v) is 6.81. The third-order valence-corrected chi connectivity index (χ3v) is 4.91. The molecule has 106 valence electrons. The number of nitrogens with zero attached hydrogens (tertiary/aromatic N) is 1. The van der Waals surface area contributed by atoms with Crippen molar-refractivity contribution in [2.75, 3.05) is 18.0 Å². The molecule has 0 saturated carbocycles. The molecule has 1 saturated heterocycles. The van der Waals surface area contributed by atoms with Crippen LogP contribution in [0.15, 0.2) is 22.7 Å². The minimum Gasteiger partial charge on any atom is -0.389 e. The van der Waals surface area contributed by atoms with Gasteiger partial charge in [-0.05, 0) is 65.2 Å². The topological polar surface area (TPSA) is 23.5 Å². The summed E-state index contributed by atoms with van der Waals surface area (Å²) in [5.41, 5.74) is 2.22. The summed E-state index contributed by atoms with van der Waals surface area (Å²) in [5.74, 6) is 1.66. The van der Waals surface area contributed by atoms with Gasteiger partial charge in [-0.2, -0.15) is 0 Å². The van der Waals surface area contributed by atoms with Crippen molar-refractivity contribution in [2.24, 2.45) is 11.8 Å². The largest absolute Gasteiger partial charge is 0.389 e. The van der Waals surface area contributed by atoms with Crippen LogP contribution in [0.4, 0.5) is 5.69 Å². The average Bonchev–Trinajstić information content (AvgIpc) is 2.38. The molecular weight excluding hydrogens is 302 g/mol. The Morgan fingerprint density at radius 3 is 2.32 bits per heavy atom. The van der Waals surface area contributed by atoms with Gasteiger partial charge in [0.25, 0.3) is 0 Å². The fourth-order valence-corrected chi connectivity index (χ4v) is 3.49. The van der Waals surface area contributed by atoms with Gasteiger partial charge in [-0.15, -0.1) is 0 Å². The van der Waals surface area contributed by atoms with Gasteiger partial charge >= 0.3 is 0 Å². The maximum absolute atomic E-state index is 9.61. The van der Waals surface area contributed by atoms with Crippen LogP contribution in [0.1, 0.15) is 45.3 Å². The van der Waals surface area contributed by atoms with Gasteiger partial charge in [-0.25, -0.2) is 0 Å². The van der Waals surface area contributed by atoms with E-state index in [4.69, 9.17) is 0 Å². The number of piperidine rings is 1. The van der Waals surface area contributed by atoms with Crippen molar-refractivity contribution in [3.8, 4) is 0 Å². The number of benzene rings is 1. The van der Waals surface area contributed by atoms with E-state index in [1.54, 1.807) is 6.92 Å². The number of halogens is 1. The van der Waals surface area contributed by atoms with Crippen molar-refractivity contribution in [2.45, 2.75) is 39.7 Å². The fourth-order valence-electron chi connectivity index (χ4n) is 2.85. The summed E-state index contributed by atoms with van der Waals surface area (Å²) in [4.78, 5) is 2.45. The van der Waals surface area contributed by atoms with Crippen molar-refractivity contribution in [1.29, 1.82) is 0 Å². The Bertz CT molecular complexity index is 423. The molecule has 0 bridgehead atoms. The predicted octanol–water partition coefficient (Wildman–Crippen LogP) is 4.37. The predicted molar refractivity (Wildman–Crippen MR) is 84.6 cm³/mol. The molecule has 0 aliphatic carbocycles. The highest BCUT2D eigenvalue weighted by molar-refractivity contribution is 9.10. The molecule has 1 heterocycles. The molecule has 3 heteroatoms. The second kappa shape index (κ2) is 6.27. The number of aliphatic hydroxyl groups excluding tert-OH is 1. The Morgan fingerprint density at radius 1 is 1.21 bits per heavy atom. The molecule has 0 amide bonds. The lowest BCUT2D eigenvalue weighted by atomic mass is 9.86. The van der Waals surface area contributed by atoms with E-state index in [-0.39, 0.29) is 0 Å². The highest BCUT2D eigenvalue weighted by Crippen LogP contribution is 2.33. The zero-order valence-corrected chi connectivity index (χ0v) is 13.7. The Labute approximate surface area is 124 Å². The molecule has 0 unspecified atom stereocenters. The molecule has 1 fully saturated rings. The molecule has 2 nitrogen and oxygen atoms in total. The zero-order valence-electron chi connectivity index (χ0n) is 12.1. The van der Waals surface area contributed by atoms with Crippen LogP contribution in [0, 0.1) is 11.8 Å². The van der Waals surface area contributed by atoms with Crippen molar-refractivity contribution >= 4 is 21.6 Å². The lowest BCUT2D eigenvalue weighted by Gasteiger charge is -2.36. The zero-order chi connectivity index (χ0) is 14.0. The third kappa shape index (κ3) is 3.51. The minimum atomic E-state index is -0.406. The normalized spacial score (nSPS) is 18.9. The summed E-state index contributed by atoms with van der Waals surface area (Å²) in [6.45, 7) is 8.72. The van der Waals surface area contributed by atoms with Crippen molar-refractivity contribution in [1.82, 2.24) is 0 Å². The van der Waals surface area contributed by atoms with E-state index in [1.165, 1.54) is 18.5 Å². The highest BCUT2D eigenvalue weighted by atomic mass is 79.9. The minimum absolute atomic E-state index is 0.406. The van der Waals surface area contributed by atoms with Crippen LogP contribution >= 0.6 is 15.9 Å². The SMILES string of the molecule is CC(C)C1CCN(c2ccc([C@@H](C)O)cc2Br)CC1. The van der Waals surface area contributed by atoms with Gasteiger partial charge in [0.2, 0.25) is 0 Å². The number of aliphatic hydroxyl groups is 1. The summed E-state index contributed by atoms with van der Waals surface area (Å²) >= 11 is 3.64. The van der Waals surface area contributed by atoms with Crippen LogP contribution in [0.2, 0.25) is 0 Å². The summed E-state index contributed by atoms with van der Waals surface area (Å²) in [7, 11) is 0. The van der Waals surface area contributed by atoms with E-state index in [0.717, 1.165) is 35.0 Å². The van der Waals surface area contributed by atoms with Gasteiger partial charge in [-0.3, -0.25) is 0 Å². The van der Waals surface area contributed by atoms with Crippen LogP contribution in [0.5, 0.6) is 0 Å². The van der Waals surface area contributed by atoms with E-state index < -0.39 is 6.10 Å². The lowest BCUT2D eigenvalue weighted by molar-refractivity contribution is 0.199.